The minimum absolute atomic E-state index is 0.0621. The maximum atomic E-state index is 12.7. The Morgan fingerprint density at radius 2 is 1.93 bits per heavy atom. The molecule has 10 nitrogen and oxygen atoms in total. The first-order valence-electron chi connectivity index (χ1n) is 9.36. The van der Waals surface area contributed by atoms with Crippen LogP contribution in [0.3, 0.4) is 0 Å². The number of fused-ring (bicyclic) bond motifs is 1. The first-order chi connectivity index (χ1) is 13.9. The smallest absolute Gasteiger partial charge is 0.289 e. The molecule has 0 radical (unpaired) electrons. The molecule has 0 bridgehead atoms. The van der Waals surface area contributed by atoms with Crippen molar-refractivity contribution >= 4 is 33.1 Å². The van der Waals surface area contributed by atoms with Crippen LogP contribution in [0, 0.1) is 12.8 Å². The number of carbonyl (C=O) groups excluding carboxylic acids is 3. The van der Waals surface area contributed by atoms with Crippen LogP contribution in [0.25, 0.3) is 5.52 Å². The predicted octanol–water partition coefficient (Wildman–Crippen LogP) is 0.526. The standard InChI is InChI=1S/C19H26N4O6S/c1-6-13-12(7-10(2)3)15(17(25)18(20)26)16-19(21-11(4)8-23(13)16)29-9-14(24)22-30(5,27)28/h8,10H,6-7,9H2,1-5H3,(H2,20,26)(H,22,24). The van der Waals surface area contributed by atoms with E-state index in [2.05, 4.69) is 4.98 Å². The Labute approximate surface area is 174 Å². The molecule has 0 fully saturated rings. The molecule has 2 aromatic heterocycles. The number of sulfonamides is 1. The van der Waals surface area contributed by atoms with Gasteiger partial charge in [0.1, 0.15) is 5.52 Å². The number of rotatable bonds is 9. The SMILES string of the molecule is CCc1c(CC(C)C)c(C(=O)C(N)=O)c2c(OCC(=O)NS(C)(=O)=O)nc(C)cn12. The van der Waals surface area contributed by atoms with Crippen molar-refractivity contribution in [1.82, 2.24) is 14.1 Å². The summed E-state index contributed by atoms with van der Waals surface area (Å²) in [4.78, 5) is 40.6. The average molecular weight is 439 g/mol. The second-order valence-electron chi connectivity index (χ2n) is 7.44. The lowest BCUT2D eigenvalue weighted by molar-refractivity contribution is -0.121. The van der Waals surface area contributed by atoms with Crippen molar-refractivity contribution in [2.75, 3.05) is 12.9 Å². The summed E-state index contributed by atoms with van der Waals surface area (Å²) >= 11 is 0. The number of amides is 2. The minimum atomic E-state index is -3.75. The molecule has 2 rings (SSSR count). The van der Waals surface area contributed by atoms with Gasteiger partial charge in [-0.15, -0.1) is 0 Å². The summed E-state index contributed by atoms with van der Waals surface area (Å²) in [5.41, 5.74) is 7.64. The molecule has 30 heavy (non-hydrogen) atoms. The molecule has 0 aliphatic carbocycles. The molecule has 3 N–H and O–H groups in total. The highest BCUT2D eigenvalue weighted by Gasteiger charge is 2.29. The summed E-state index contributed by atoms with van der Waals surface area (Å²) in [6.45, 7) is 6.95. The predicted molar refractivity (Wildman–Crippen MR) is 110 cm³/mol. The number of nitrogens with zero attached hydrogens (tertiary/aromatic N) is 2. The van der Waals surface area contributed by atoms with Crippen LogP contribution in [-0.4, -0.2) is 48.3 Å². The van der Waals surface area contributed by atoms with Crippen molar-refractivity contribution in [1.29, 1.82) is 0 Å². The monoisotopic (exact) mass is 438 g/mol. The third kappa shape index (κ3) is 5.15. The summed E-state index contributed by atoms with van der Waals surface area (Å²) in [5, 5.41) is 0. The maximum absolute atomic E-state index is 12.7. The number of nitrogens with one attached hydrogen (secondary N) is 1. The molecule has 11 heteroatoms. The summed E-state index contributed by atoms with van der Waals surface area (Å²) in [6.07, 6.45) is 3.63. The van der Waals surface area contributed by atoms with E-state index in [1.807, 2.05) is 20.8 Å². The van der Waals surface area contributed by atoms with E-state index in [4.69, 9.17) is 10.5 Å². The average Bonchev–Trinajstić information content (AvgIpc) is 2.89. The van der Waals surface area contributed by atoms with Crippen LogP contribution >= 0.6 is 0 Å². The topological polar surface area (TPSA) is 150 Å². The Morgan fingerprint density at radius 3 is 2.43 bits per heavy atom. The maximum Gasteiger partial charge on any atom is 0.289 e. The fourth-order valence-corrected chi connectivity index (χ4v) is 3.79. The van der Waals surface area contributed by atoms with E-state index in [0.717, 1.165) is 11.9 Å². The Hall–Kier alpha value is -2.95. The highest BCUT2D eigenvalue weighted by Crippen LogP contribution is 2.32. The van der Waals surface area contributed by atoms with E-state index in [1.54, 1.807) is 22.2 Å². The lowest BCUT2D eigenvalue weighted by Gasteiger charge is -2.10. The first-order valence-corrected chi connectivity index (χ1v) is 11.3. The second kappa shape index (κ2) is 8.82. The molecule has 0 aromatic carbocycles. The first kappa shape index (κ1) is 23.3. The Balaban J connectivity index is 2.71. The molecule has 0 spiro atoms. The van der Waals surface area contributed by atoms with E-state index in [-0.39, 0.29) is 22.9 Å². The summed E-state index contributed by atoms with van der Waals surface area (Å²) in [6, 6.07) is 0. The molecule has 2 heterocycles. The van der Waals surface area contributed by atoms with E-state index in [1.165, 1.54) is 0 Å². The van der Waals surface area contributed by atoms with Crippen molar-refractivity contribution in [3.63, 3.8) is 0 Å². The molecule has 0 aliphatic rings. The molecule has 0 saturated heterocycles. The molecule has 2 amide bonds. The fraction of sp³-hybridized carbons (Fsp3) is 0.474. The van der Waals surface area contributed by atoms with Crippen LogP contribution < -0.4 is 15.2 Å². The van der Waals surface area contributed by atoms with Crippen molar-refractivity contribution in [3.8, 4) is 5.88 Å². The van der Waals surface area contributed by atoms with Gasteiger partial charge in [-0.1, -0.05) is 20.8 Å². The molecule has 0 atom stereocenters. The summed E-state index contributed by atoms with van der Waals surface area (Å²) < 4.78 is 31.4. The Kier molecular flexibility index (Phi) is 6.86. The van der Waals surface area contributed by atoms with Gasteiger partial charge in [0.2, 0.25) is 15.9 Å². The highest BCUT2D eigenvalue weighted by atomic mass is 32.2. The van der Waals surface area contributed by atoms with Gasteiger partial charge in [0.05, 0.1) is 17.5 Å². The van der Waals surface area contributed by atoms with E-state index < -0.39 is 34.2 Å². The van der Waals surface area contributed by atoms with Gasteiger partial charge in [-0.25, -0.2) is 13.4 Å². The van der Waals surface area contributed by atoms with Crippen LogP contribution in [-0.2, 0) is 32.5 Å². The number of nitrogens with two attached hydrogens (primary N) is 1. The highest BCUT2D eigenvalue weighted by molar-refractivity contribution is 7.89. The van der Waals surface area contributed by atoms with Gasteiger partial charge >= 0.3 is 0 Å². The number of ketones is 1. The van der Waals surface area contributed by atoms with Crippen LogP contribution in [0.1, 0.15) is 48.1 Å². The number of hydrogen-bond acceptors (Lipinski definition) is 7. The summed E-state index contributed by atoms with van der Waals surface area (Å²) in [7, 11) is -3.75. The number of hydrogen-bond donors (Lipinski definition) is 2. The van der Waals surface area contributed by atoms with Crippen LogP contribution in [0.5, 0.6) is 5.88 Å². The molecular formula is C19H26N4O6S. The number of primary amides is 1. The van der Waals surface area contributed by atoms with Crippen LogP contribution in [0.15, 0.2) is 6.20 Å². The minimum Gasteiger partial charge on any atom is -0.466 e. The Bertz CT molecular complexity index is 1120. The Morgan fingerprint density at radius 1 is 1.30 bits per heavy atom. The van der Waals surface area contributed by atoms with Crippen LogP contribution in [0.2, 0.25) is 0 Å². The summed E-state index contributed by atoms with van der Waals surface area (Å²) in [5.74, 6) is -2.76. The molecule has 2 aromatic rings. The van der Waals surface area contributed by atoms with Crippen molar-refractivity contribution in [2.45, 2.75) is 40.5 Å². The second-order valence-corrected chi connectivity index (χ2v) is 9.19. The molecule has 0 aliphatic heterocycles. The number of Topliss-reactive ketones (excluding diaryl/α,β-unsaturated/α-hetero) is 1. The lowest BCUT2D eigenvalue weighted by Crippen LogP contribution is -2.33. The third-order valence-corrected chi connectivity index (χ3v) is 4.85. The van der Waals surface area contributed by atoms with Gasteiger partial charge in [-0.05, 0) is 31.2 Å². The number of aromatic nitrogens is 2. The zero-order valence-electron chi connectivity index (χ0n) is 17.6. The number of aryl methyl sites for hydroxylation is 2. The van der Waals surface area contributed by atoms with E-state index in [0.29, 0.717) is 24.1 Å². The third-order valence-electron chi connectivity index (χ3n) is 4.25. The molecule has 0 unspecified atom stereocenters. The quantitative estimate of drug-likeness (QED) is 0.428. The molecule has 164 valence electrons. The van der Waals surface area contributed by atoms with Gasteiger partial charge < -0.3 is 14.9 Å². The molecular weight excluding hydrogens is 412 g/mol. The van der Waals surface area contributed by atoms with Gasteiger partial charge in [-0.3, -0.25) is 19.1 Å². The fourth-order valence-electron chi connectivity index (χ4n) is 3.32. The van der Waals surface area contributed by atoms with Crippen molar-refractivity contribution in [2.24, 2.45) is 11.7 Å². The number of ether oxygens (including phenoxy) is 1. The van der Waals surface area contributed by atoms with Crippen molar-refractivity contribution < 1.29 is 27.5 Å². The van der Waals surface area contributed by atoms with Gasteiger partial charge in [0.15, 0.2) is 6.61 Å². The van der Waals surface area contributed by atoms with E-state index >= 15 is 0 Å². The van der Waals surface area contributed by atoms with Gasteiger partial charge in [0, 0.05) is 11.9 Å². The normalized spacial score (nSPS) is 11.7. The van der Waals surface area contributed by atoms with Crippen molar-refractivity contribution in [3.05, 3.63) is 28.7 Å². The van der Waals surface area contributed by atoms with Gasteiger partial charge in [-0.2, -0.15) is 0 Å². The van der Waals surface area contributed by atoms with Gasteiger partial charge in [0.25, 0.3) is 17.6 Å². The molecule has 0 saturated carbocycles. The largest absolute Gasteiger partial charge is 0.466 e. The lowest BCUT2D eigenvalue weighted by atomic mass is 9.95. The van der Waals surface area contributed by atoms with E-state index in [9.17, 15) is 22.8 Å². The zero-order chi connectivity index (χ0) is 22.8. The zero-order valence-corrected chi connectivity index (χ0v) is 18.4. The number of carbonyl (C=O) groups is 3. The van der Waals surface area contributed by atoms with Crippen LogP contribution in [0.4, 0.5) is 0 Å².